The zero-order valence-corrected chi connectivity index (χ0v) is 16.1. The summed E-state index contributed by atoms with van der Waals surface area (Å²) < 4.78 is 0. The highest BCUT2D eigenvalue weighted by Gasteiger charge is 2.17. The van der Waals surface area contributed by atoms with Crippen molar-refractivity contribution in [3.8, 4) is 0 Å². The number of hydrogen-bond acceptors (Lipinski definition) is 3. The molecule has 0 atom stereocenters. The smallest absolute Gasteiger partial charge is 0.269 e. The zero-order chi connectivity index (χ0) is 18.9. The van der Waals surface area contributed by atoms with Crippen LogP contribution in [0.4, 0.5) is 0 Å². The average Bonchev–Trinajstić information content (AvgIpc) is 2.97. The molecule has 146 valence electrons. The molecule has 0 aliphatic heterocycles. The average molecular weight is 370 g/mol. The Morgan fingerprint density at radius 2 is 1.85 bits per heavy atom. The number of rotatable bonds is 6. The number of carbonyl (C=O) groups excluding carboxylic acids is 2. The van der Waals surface area contributed by atoms with Gasteiger partial charge in [0.15, 0.2) is 0 Å². The van der Waals surface area contributed by atoms with E-state index >= 15 is 0 Å². The first-order valence-corrected chi connectivity index (χ1v) is 10.5. The van der Waals surface area contributed by atoms with Gasteiger partial charge in [-0.1, -0.05) is 37.3 Å². The van der Waals surface area contributed by atoms with E-state index < -0.39 is 0 Å². The third-order valence-corrected chi connectivity index (χ3v) is 5.56. The predicted octanol–water partition coefficient (Wildman–Crippen LogP) is 4.15. The van der Waals surface area contributed by atoms with Crippen molar-refractivity contribution in [3.63, 3.8) is 0 Å². The summed E-state index contributed by atoms with van der Waals surface area (Å²) in [6.45, 7) is 0.616. The van der Waals surface area contributed by atoms with Crippen LogP contribution < -0.4 is 10.6 Å². The second-order valence-electron chi connectivity index (χ2n) is 7.71. The van der Waals surface area contributed by atoms with Crippen LogP contribution in [0.25, 0.3) is 0 Å². The van der Waals surface area contributed by atoms with Gasteiger partial charge in [-0.25, -0.2) is 0 Å². The van der Waals surface area contributed by atoms with Gasteiger partial charge in [0.05, 0.1) is 0 Å². The molecule has 1 aromatic rings. The van der Waals surface area contributed by atoms with E-state index in [0.717, 1.165) is 32.1 Å². The molecule has 3 rings (SSSR count). The number of carbonyl (C=O) groups is 2. The molecule has 1 heterocycles. The fraction of sp³-hybridized carbons (Fsp3) is 0.591. The molecule has 2 aliphatic rings. The maximum Gasteiger partial charge on any atom is 0.269 e. The summed E-state index contributed by atoms with van der Waals surface area (Å²) in [5, 5.41) is 6.05. The third kappa shape index (κ3) is 6.19. The topological polar surface area (TPSA) is 71.1 Å². The Labute approximate surface area is 162 Å². The van der Waals surface area contributed by atoms with Crippen molar-refractivity contribution in [1.29, 1.82) is 0 Å². The molecule has 1 saturated carbocycles. The van der Waals surface area contributed by atoms with Gasteiger partial charge in [0.1, 0.15) is 5.69 Å². The molecule has 0 unspecified atom stereocenters. The Morgan fingerprint density at radius 3 is 2.59 bits per heavy atom. The van der Waals surface area contributed by atoms with Crippen molar-refractivity contribution in [2.75, 3.05) is 6.54 Å². The lowest BCUT2D eigenvalue weighted by Gasteiger charge is -2.16. The largest absolute Gasteiger partial charge is 0.350 e. The van der Waals surface area contributed by atoms with Gasteiger partial charge >= 0.3 is 0 Å². The van der Waals surface area contributed by atoms with Gasteiger partial charge in [0.2, 0.25) is 0 Å². The molecule has 0 radical (unpaired) electrons. The molecule has 2 aliphatic carbocycles. The summed E-state index contributed by atoms with van der Waals surface area (Å²) in [4.78, 5) is 29.1. The molecule has 2 N–H and O–H groups in total. The lowest BCUT2D eigenvalue weighted by Crippen LogP contribution is -2.34. The fourth-order valence-corrected chi connectivity index (χ4v) is 3.95. The highest BCUT2D eigenvalue weighted by atomic mass is 16.2. The molecule has 0 spiro atoms. The minimum Gasteiger partial charge on any atom is -0.350 e. The molecule has 0 aromatic carbocycles. The lowest BCUT2D eigenvalue weighted by molar-refractivity contribution is 0.0933. The van der Waals surface area contributed by atoms with E-state index in [4.69, 9.17) is 0 Å². The van der Waals surface area contributed by atoms with Crippen molar-refractivity contribution in [2.24, 2.45) is 0 Å². The van der Waals surface area contributed by atoms with E-state index in [1.807, 2.05) is 0 Å². The van der Waals surface area contributed by atoms with Gasteiger partial charge in [-0.05, 0) is 57.1 Å². The van der Waals surface area contributed by atoms with Crippen molar-refractivity contribution in [1.82, 2.24) is 15.6 Å². The lowest BCUT2D eigenvalue weighted by atomic mass is 9.97. The third-order valence-electron chi connectivity index (χ3n) is 5.56. The van der Waals surface area contributed by atoms with Crippen LogP contribution in [0.1, 0.15) is 91.5 Å². The van der Waals surface area contributed by atoms with Crippen molar-refractivity contribution < 1.29 is 9.59 Å². The zero-order valence-electron chi connectivity index (χ0n) is 16.1. The first-order valence-electron chi connectivity index (χ1n) is 10.5. The molecular formula is C22H31N3O2. The highest BCUT2D eigenvalue weighted by molar-refractivity contribution is 5.98. The molecule has 27 heavy (non-hydrogen) atoms. The summed E-state index contributed by atoms with van der Waals surface area (Å²) in [7, 11) is 0. The SMILES string of the molecule is O=C(NC1CCCCCC1)c1ccnc(C(=O)NCCC2=CCCCC2)c1. The normalized spacial score (nSPS) is 18.3. The number of allylic oxidation sites excluding steroid dienone is 1. The van der Waals surface area contributed by atoms with Crippen LogP contribution in [0.5, 0.6) is 0 Å². The molecule has 5 nitrogen and oxygen atoms in total. The van der Waals surface area contributed by atoms with Gasteiger partial charge < -0.3 is 10.6 Å². The first kappa shape index (κ1) is 19.6. The number of aromatic nitrogens is 1. The summed E-state index contributed by atoms with van der Waals surface area (Å²) in [6.07, 6.45) is 16.5. The molecule has 0 saturated heterocycles. The molecule has 0 bridgehead atoms. The summed E-state index contributed by atoms with van der Waals surface area (Å²) in [6, 6.07) is 3.52. The minimum atomic E-state index is -0.212. The molecule has 2 amide bonds. The van der Waals surface area contributed by atoms with Crippen LogP contribution in [0, 0.1) is 0 Å². The standard InChI is InChI=1S/C22H31N3O2/c26-21(25-19-10-6-1-2-7-11-19)18-13-15-23-20(16-18)22(27)24-14-12-17-8-4-3-5-9-17/h8,13,15-16,19H,1-7,9-12,14H2,(H,24,27)(H,25,26). The van der Waals surface area contributed by atoms with Gasteiger partial charge in [-0.2, -0.15) is 0 Å². The second kappa shape index (κ2) is 10.2. The van der Waals surface area contributed by atoms with Gasteiger partial charge in [0, 0.05) is 24.3 Å². The first-order chi connectivity index (χ1) is 13.2. The predicted molar refractivity (Wildman–Crippen MR) is 107 cm³/mol. The Bertz CT molecular complexity index is 676. The Balaban J connectivity index is 1.51. The van der Waals surface area contributed by atoms with Crippen molar-refractivity contribution in [3.05, 3.63) is 41.2 Å². The number of hydrogen-bond donors (Lipinski definition) is 2. The fourth-order valence-electron chi connectivity index (χ4n) is 3.95. The quantitative estimate of drug-likeness (QED) is 0.584. The Kier molecular flexibility index (Phi) is 7.43. The van der Waals surface area contributed by atoms with E-state index in [9.17, 15) is 9.59 Å². The number of amides is 2. The van der Waals surface area contributed by atoms with Crippen LogP contribution in [-0.2, 0) is 0 Å². The van der Waals surface area contributed by atoms with Crippen LogP contribution in [0.15, 0.2) is 30.0 Å². The van der Waals surface area contributed by atoms with Crippen LogP contribution >= 0.6 is 0 Å². The van der Waals surface area contributed by atoms with Crippen LogP contribution in [0.3, 0.4) is 0 Å². The van der Waals surface area contributed by atoms with E-state index in [0.29, 0.717) is 17.8 Å². The van der Waals surface area contributed by atoms with Gasteiger partial charge in [-0.15, -0.1) is 0 Å². The van der Waals surface area contributed by atoms with E-state index in [1.165, 1.54) is 44.1 Å². The number of nitrogens with zero attached hydrogens (tertiary/aromatic N) is 1. The summed E-state index contributed by atoms with van der Waals surface area (Å²) in [5.74, 6) is -0.318. The van der Waals surface area contributed by atoms with Gasteiger partial charge in [-0.3, -0.25) is 14.6 Å². The molecule has 1 fully saturated rings. The van der Waals surface area contributed by atoms with E-state index in [-0.39, 0.29) is 17.9 Å². The van der Waals surface area contributed by atoms with Crippen LogP contribution in [0.2, 0.25) is 0 Å². The molecule has 5 heteroatoms. The maximum absolute atomic E-state index is 12.5. The van der Waals surface area contributed by atoms with E-state index in [2.05, 4.69) is 21.7 Å². The molecule has 1 aromatic heterocycles. The highest BCUT2D eigenvalue weighted by Crippen LogP contribution is 2.19. The number of pyridine rings is 1. The minimum absolute atomic E-state index is 0.106. The monoisotopic (exact) mass is 369 g/mol. The Morgan fingerprint density at radius 1 is 1.04 bits per heavy atom. The van der Waals surface area contributed by atoms with Gasteiger partial charge in [0.25, 0.3) is 11.8 Å². The van der Waals surface area contributed by atoms with E-state index in [1.54, 1.807) is 18.3 Å². The maximum atomic E-state index is 12.5. The Hall–Kier alpha value is -2.17. The second-order valence-corrected chi connectivity index (χ2v) is 7.71. The summed E-state index contributed by atoms with van der Waals surface area (Å²) >= 11 is 0. The molecular weight excluding hydrogens is 338 g/mol. The van der Waals surface area contributed by atoms with Crippen LogP contribution in [-0.4, -0.2) is 29.4 Å². The van der Waals surface area contributed by atoms with Crippen molar-refractivity contribution in [2.45, 2.75) is 76.7 Å². The van der Waals surface area contributed by atoms with Crippen molar-refractivity contribution >= 4 is 11.8 Å². The number of nitrogens with one attached hydrogen (secondary N) is 2. The summed E-state index contributed by atoms with van der Waals surface area (Å²) in [5.41, 5.74) is 2.25.